The summed E-state index contributed by atoms with van der Waals surface area (Å²) in [5.74, 6) is 2.54. The molecular formula is C15H22BrClN2S. The van der Waals surface area contributed by atoms with E-state index in [9.17, 15) is 0 Å². The molecule has 1 unspecified atom stereocenters. The maximum Gasteiger partial charge on any atom is 0.0465 e. The first-order valence-corrected chi connectivity index (χ1v) is 9.51. The van der Waals surface area contributed by atoms with Crippen molar-refractivity contribution in [1.29, 1.82) is 0 Å². The SMILES string of the molecule is CCNC(CCN1CCSCC1)c1ccc(Br)cc1Cl. The van der Waals surface area contributed by atoms with Gasteiger partial charge < -0.3 is 10.2 Å². The maximum absolute atomic E-state index is 6.39. The minimum absolute atomic E-state index is 0.343. The Morgan fingerprint density at radius 1 is 1.40 bits per heavy atom. The molecule has 0 aromatic heterocycles. The van der Waals surface area contributed by atoms with Crippen LogP contribution in [0.4, 0.5) is 0 Å². The second kappa shape index (κ2) is 8.64. The first-order chi connectivity index (χ1) is 9.70. The molecule has 5 heteroatoms. The molecule has 0 aliphatic carbocycles. The first-order valence-electron chi connectivity index (χ1n) is 7.19. The Hall–Kier alpha value is 0.260. The second-order valence-corrected chi connectivity index (χ2v) is 7.57. The number of thioether (sulfide) groups is 1. The number of hydrogen-bond donors (Lipinski definition) is 1. The fraction of sp³-hybridized carbons (Fsp3) is 0.600. The normalized spacial score (nSPS) is 18.1. The summed E-state index contributed by atoms with van der Waals surface area (Å²) in [6, 6.07) is 6.53. The Bertz CT molecular complexity index is 424. The van der Waals surface area contributed by atoms with Gasteiger partial charge in [-0.2, -0.15) is 11.8 Å². The zero-order valence-electron chi connectivity index (χ0n) is 11.9. The van der Waals surface area contributed by atoms with Crippen LogP contribution in [0.15, 0.2) is 22.7 Å². The third kappa shape index (κ3) is 4.92. The standard InChI is InChI=1S/C15H22BrClN2S/c1-2-18-15(5-6-19-7-9-20-10-8-19)13-4-3-12(16)11-14(13)17/h3-4,11,15,18H,2,5-10H2,1H3. The Morgan fingerprint density at radius 2 is 2.15 bits per heavy atom. The molecule has 1 aliphatic heterocycles. The van der Waals surface area contributed by atoms with E-state index in [-0.39, 0.29) is 0 Å². The monoisotopic (exact) mass is 376 g/mol. The van der Waals surface area contributed by atoms with Crippen LogP contribution in [0.25, 0.3) is 0 Å². The van der Waals surface area contributed by atoms with Crippen molar-refractivity contribution in [2.45, 2.75) is 19.4 Å². The fourth-order valence-electron chi connectivity index (χ4n) is 2.53. The van der Waals surface area contributed by atoms with E-state index in [0.29, 0.717) is 6.04 Å². The van der Waals surface area contributed by atoms with Gasteiger partial charge >= 0.3 is 0 Å². The van der Waals surface area contributed by atoms with E-state index < -0.39 is 0 Å². The summed E-state index contributed by atoms with van der Waals surface area (Å²) < 4.78 is 1.04. The lowest BCUT2D eigenvalue weighted by Gasteiger charge is -2.28. The van der Waals surface area contributed by atoms with Crippen LogP contribution in [0.2, 0.25) is 5.02 Å². The van der Waals surface area contributed by atoms with Crippen molar-refractivity contribution in [2.75, 3.05) is 37.7 Å². The summed E-state index contributed by atoms with van der Waals surface area (Å²) in [6.45, 7) is 6.70. The number of halogens is 2. The molecule has 20 heavy (non-hydrogen) atoms. The molecule has 1 saturated heterocycles. The molecule has 112 valence electrons. The molecule has 1 N–H and O–H groups in total. The van der Waals surface area contributed by atoms with E-state index >= 15 is 0 Å². The van der Waals surface area contributed by atoms with Crippen molar-refractivity contribution in [3.8, 4) is 0 Å². The third-order valence-electron chi connectivity index (χ3n) is 3.63. The van der Waals surface area contributed by atoms with Gasteiger partial charge in [-0.15, -0.1) is 0 Å². The van der Waals surface area contributed by atoms with Crippen LogP contribution in [-0.2, 0) is 0 Å². The highest BCUT2D eigenvalue weighted by atomic mass is 79.9. The number of hydrogen-bond acceptors (Lipinski definition) is 3. The van der Waals surface area contributed by atoms with Crippen molar-refractivity contribution < 1.29 is 0 Å². The summed E-state index contributed by atoms with van der Waals surface area (Å²) in [5, 5.41) is 4.41. The lowest BCUT2D eigenvalue weighted by Crippen LogP contribution is -2.35. The zero-order valence-corrected chi connectivity index (χ0v) is 15.0. The highest BCUT2D eigenvalue weighted by Crippen LogP contribution is 2.28. The highest BCUT2D eigenvalue weighted by Gasteiger charge is 2.17. The van der Waals surface area contributed by atoms with Gasteiger partial charge in [0.05, 0.1) is 0 Å². The van der Waals surface area contributed by atoms with Gasteiger partial charge in [-0.25, -0.2) is 0 Å². The van der Waals surface area contributed by atoms with Crippen LogP contribution in [0, 0.1) is 0 Å². The predicted molar refractivity (Wildman–Crippen MR) is 94.0 cm³/mol. The average molecular weight is 378 g/mol. The van der Waals surface area contributed by atoms with Gasteiger partial charge in [0.1, 0.15) is 0 Å². The molecule has 1 atom stereocenters. The van der Waals surface area contributed by atoms with E-state index in [0.717, 1.165) is 29.0 Å². The summed E-state index contributed by atoms with van der Waals surface area (Å²) in [5.41, 5.74) is 1.21. The minimum Gasteiger partial charge on any atom is -0.310 e. The van der Waals surface area contributed by atoms with Gasteiger partial charge in [-0.3, -0.25) is 0 Å². The number of benzene rings is 1. The lowest BCUT2D eigenvalue weighted by molar-refractivity contribution is 0.281. The molecule has 1 aromatic carbocycles. The van der Waals surface area contributed by atoms with E-state index in [4.69, 9.17) is 11.6 Å². The van der Waals surface area contributed by atoms with Crippen LogP contribution in [0.3, 0.4) is 0 Å². The van der Waals surface area contributed by atoms with Gasteiger partial charge in [-0.1, -0.05) is 40.5 Å². The van der Waals surface area contributed by atoms with Crippen molar-refractivity contribution in [2.24, 2.45) is 0 Å². The summed E-state index contributed by atoms with van der Waals surface area (Å²) in [4.78, 5) is 2.56. The van der Waals surface area contributed by atoms with E-state index in [1.807, 2.05) is 6.07 Å². The van der Waals surface area contributed by atoms with Gasteiger partial charge in [-0.05, 0) is 30.7 Å². The number of nitrogens with one attached hydrogen (secondary N) is 1. The smallest absolute Gasteiger partial charge is 0.0465 e. The Balaban J connectivity index is 1.98. The molecule has 0 spiro atoms. The quantitative estimate of drug-likeness (QED) is 0.800. The highest BCUT2D eigenvalue weighted by molar-refractivity contribution is 9.10. The molecule has 0 radical (unpaired) electrons. The molecule has 1 aromatic rings. The molecule has 0 saturated carbocycles. The minimum atomic E-state index is 0.343. The molecule has 1 aliphatic rings. The van der Waals surface area contributed by atoms with Gasteiger partial charge in [0.25, 0.3) is 0 Å². The van der Waals surface area contributed by atoms with Crippen LogP contribution < -0.4 is 5.32 Å². The maximum atomic E-state index is 6.39. The van der Waals surface area contributed by atoms with E-state index in [2.05, 4.69) is 57.0 Å². The second-order valence-electron chi connectivity index (χ2n) is 5.02. The topological polar surface area (TPSA) is 15.3 Å². The average Bonchev–Trinajstić information content (AvgIpc) is 2.45. The first kappa shape index (κ1) is 16.6. The van der Waals surface area contributed by atoms with Crippen LogP contribution >= 0.6 is 39.3 Å². The van der Waals surface area contributed by atoms with E-state index in [1.54, 1.807) is 0 Å². The molecular weight excluding hydrogens is 356 g/mol. The number of rotatable bonds is 6. The lowest BCUT2D eigenvalue weighted by atomic mass is 10.0. The molecule has 2 nitrogen and oxygen atoms in total. The third-order valence-corrected chi connectivity index (χ3v) is 5.39. The van der Waals surface area contributed by atoms with Crippen molar-refractivity contribution in [1.82, 2.24) is 10.2 Å². The molecule has 1 heterocycles. The van der Waals surface area contributed by atoms with Gasteiger partial charge in [0.2, 0.25) is 0 Å². The van der Waals surface area contributed by atoms with E-state index in [1.165, 1.54) is 30.2 Å². The summed E-state index contributed by atoms with van der Waals surface area (Å²) in [7, 11) is 0. The fourth-order valence-corrected chi connectivity index (χ4v) is 4.32. The Labute approximate surface area is 139 Å². The van der Waals surface area contributed by atoms with Crippen LogP contribution in [-0.4, -0.2) is 42.6 Å². The van der Waals surface area contributed by atoms with Crippen molar-refractivity contribution >= 4 is 39.3 Å². The molecule has 0 bridgehead atoms. The molecule has 2 rings (SSSR count). The summed E-state index contributed by atoms with van der Waals surface area (Å²) >= 11 is 11.9. The molecule has 0 amide bonds. The zero-order chi connectivity index (χ0) is 14.4. The van der Waals surface area contributed by atoms with Crippen LogP contribution in [0.5, 0.6) is 0 Å². The van der Waals surface area contributed by atoms with Crippen molar-refractivity contribution in [3.05, 3.63) is 33.3 Å². The Kier molecular flexibility index (Phi) is 7.18. The van der Waals surface area contributed by atoms with Gasteiger partial charge in [0.15, 0.2) is 0 Å². The number of nitrogens with zero attached hydrogens (tertiary/aromatic N) is 1. The molecule has 1 fully saturated rings. The predicted octanol–water partition coefficient (Wildman–Crippen LogP) is 4.19. The van der Waals surface area contributed by atoms with Crippen LogP contribution in [0.1, 0.15) is 24.9 Å². The Morgan fingerprint density at radius 3 is 2.80 bits per heavy atom. The van der Waals surface area contributed by atoms with Gasteiger partial charge in [0, 0.05) is 46.7 Å². The summed E-state index contributed by atoms with van der Waals surface area (Å²) in [6.07, 6.45) is 1.11. The van der Waals surface area contributed by atoms with Crippen molar-refractivity contribution in [3.63, 3.8) is 0 Å². The largest absolute Gasteiger partial charge is 0.310 e.